The Kier molecular flexibility index (Phi) is 4.66. The van der Waals surface area contributed by atoms with E-state index in [1.54, 1.807) is 12.1 Å². The molecule has 0 unspecified atom stereocenters. The molecule has 0 saturated carbocycles. The monoisotopic (exact) mass is 296 g/mol. The van der Waals surface area contributed by atoms with Crippen molar-refractivity contribution in [3.8, 4) is 11.1 Å². The van der Waals surface area contributed by atoms with Gasteiger partial charge in [-0.25, -0.2) is 4.39 Å². The van der Waals surface area contributed by atoms with Crippen LogP contribution in [0.25, 0.3) is 11.1 Å². The lowest BCUT2D eigenvalue weighted by Crippen LogP contribution is -2.05. The standard InChI is InChI=1S/C17H16F4/c1-2-3-4-12-5-7-13(8-6-12)15-10-9-14(11-16(15)18)17(19,20)21/h5-11H,2-4H2,1H3. The van der Waals surface area contributed by atoms with E-state index >= 15 is 0 Å². The van der Waals surface area contributed by atoms with Gasteiger partial charge in [0.05, 0.1) is 5.56 Å². The van der Waals surface area contributed by atoms with Crippen molar-refractivity contribution in [2.75, 3.05) is 0 Å². The second-order valence-electron chi connectivity index (χ2n) is 4.99. The van der Waals surface area contributed by atoms with Gasteiger partial charge in [0.2, 0.25) is 0 Å². The molecule has 0 nitrogen and oxygen atoms in total. The largest absolute Gasteiger partial charge is 0.416 e. The second kappa shape index (κ2) is 6.29. The minimum atomic E-state index is -4.52. The molecule has 2 rings (SSSR count). The van der Waals surface area contributed by atoms with E-state index in [4.69, 9.17) is 0 Å². The first-order chi connectivity index (χ1) is 9.91. The zero-order valence-electron chi connectivity index (χ0n) is 11.7. The van der Waals surface area contributed by atoms with Gasteiger partial charge in [0, 0.05) is 5.56 Å². The van der Waals surface area contributed by atoms with Gasteiger partial charge in [-0.1, -0.05) is 43.7 Å². The maximum Gasteiger partial charge on any atom is 0.416 e. The minimum absolute atomic E-state index is 0.185. The van der Waals surface area contributed by atoms with Crippen LogP contribution in [0.3, 0.4) is 0 Å². The summed E-state index contributed by atoms with van der Waals surface area (Å²) in [5.74, 6) is -0.855. The van der Waals surface area contributed by atoms with Gasteiger partial charge in [-0.3, -0.25) is 0 Å². The fourth-order valence-electron chi connectivity index (χ4n) is 2.16. The third-order valence-electron chi connectivity index (χ3n) is 3.38. The Bertz CT molecular complexity index is 597. The summed E-state index contributed by atoms with van der Waals surface area (Å²) < 4.78 is 51.4. The molecule has 2 aromatic carbocycles. The lowest BCUT2D eigenvalue weighted by molar-refractivity contribution is -0.137. The summed E-state index contributed by atoms with van der Waals surface area (Å²) in [5.41, 5.74) is 0.947. The zero-order chi connectivity index (χ0) is 15.5. The average molecular weight is 296 g/mol. The molecular weight excluding hydrogens is 280 g/mol. The predicted molar refractivity (Wildman–Crippen MR) is 75.5 cm³/mol. The number of aryl methyl sites for hydroxylation is 1. The van der Waals surface area contributed by atoms with E-state index in [0.717, 1.165) is 30.9 Å². The van der Waals surface area contributed by atoms with Gasteiger partial charge in [0.15, 0.2) is 0 Å². The van der Waals surface area contributed by atoms with Gasteiger partial charge in [0.1, 0.15) is 5.82 Å². The van der Waals surface area contributed by atoms with E-state index in [0.29, 0.717) is 11.6 Å². The number of alkyl halides is 3. The molecule has 0 amide bonds. The molecule has 0 aliphatic heterocycles. The minimum Gasteiger partial charge on any atom is -0.206 e. The highest BCUT2D eigenvalue weighted by Gasteiger charge is 2.31. The molecule has 0 aliphatic carbocycles. The van der Waals surface area contributed by atoms with Crippen LogP contribution in [-0.4, -0.2) is 0 Å². The van der Waals surface area contributed by atoms with Gasteiger partial charge < -0.3 is 0 Å². The highest BCUT2D eigenvalue weighted by Crippen LogP contribution is 2.32. The molecule has 2 aromatic rings. The molecule has 0 aromatic heterocycles. The van der Waals surface area contributed by atoms with Gasteiger partial charge in [-0.05, 0) is 36.1 Å². The number of hydrogen-bond acceptors (Lipinski definition) is 0. The van der Waals surface area contributed by atoms with Crippen LogP contribution in [0.2, 0.25) is 0 Å². The maximum atomic E-state index is 13.9. The summed E-state index contributed by atoms with van der Waals surface area (Å²) in [6, 6.07) is 9.90. The first-order valence-corrected chi connectivity index (χ1v) is 6.88. The Labute approximate surface area is 121 Å². The fourth-order valence-corrected chi connectivity index (χ4v) is 2.16. The molecule has 4 heteroatoms. The quantitative estimate of drug-likeness (QED) is 0.620. The molecule has 0 atom stereocenters. The van der Waals surface area contributed by atoms with Crippen molar-refractivity contribution in [3.05, 3.63) is 59.4 Å². The first-order valence-electron chi connectivity index (χ1n) is 6.88. The van der Waals surface area contributed by atoms with E-state index in [1.807, 2.05) is 12.1 Å². The van der Waals surface area contributed by atoms with E-state index in [1.165, 1.54) is 6.07 Å². The smallest absolute Gasteiger partial charge is 0.206 e. The fraction of sp³-hybridized carbons (Fsp3) is 0.294. The van der Waals surface area contributed by atoms with Crippen LogP contribution >= 0.6 is 0 Å². The van der Waals surface area contributed by atoms with Crippen LogP contribution < -0.4 is 0 Å². The van der Waals surface area contributed by atoms with Crippen molar-refractivity contribution >= 4 is 0 Å². The topological polar surface area (TPSA) is 0 Å². The molecule has 21 heavy (non-hydrogen) atoms. The lowest BCUT2D eigenvalue weighted by Gasteiger charge is -2.10. The van der Waals surface area contributed by atoms with Crippen molar-refractivity contribution in [2.24, 2.45) is 0 Å². The molecule has 112 valence electrons. The van der Waals surface area contributed by atoms with Gasteiger partial charge in [0.25, 0.3) is 0 Å². The van der Waals surface area contributed by atoms with Gasteiger partial charge in [-0.2, -0.15) is 13.2 Å². The molecule has 0 aliphatic rings. The Morgan fingerprint density at radius 2 is 1.62 bits per heavy atom. The average Bonchev–Trinajstić information content (AvgIpc) is 2.45. The summed E-state index contributed by atoms with van der Waals surface area (Å²) >= 11 is 0. The van der Waals surface area contributed by atoms with E-state index < -0.39 is 17.6 Å². The molecule has 0 heterocycles. The molecule has 0 bridgehead atoms. The van der Waals surface area contributed by atoms with E-state index in [9.17, 15) is 17.6 Å². The number of benzene rings is 2. The van der Waals surface area contributed by atoms with E-state index in [2.05, 4.69) is 6.92 Å². The zero-order valence-corrected chi connectivity index (χ0v) is 11.7. The summed E-state index contributed by atoms with van der Waals surface area (Å²) in [4.78, 5) is 0. The number of rotatable bonds is 4. The van der Waals surface area contributed by atoms with Crippen LogP contribution in [-0.2, 0) is 12.6 Å². The van der Waals surface area contributed by atoms with Crippen molar-refractivity contribution < 1.29 is 17.6 Å². The molecule has 0 spiro atoms. The first kappa shape index (κ1) is 15.5. The van der Waals surface area contributed by atoms with Crippen molar-refractivity contribution in [3.63, 3.8) is 0 Å². The van der Waals surface area contributed by atoms with Gasteiger partial charge >= 0.3 is 6.18 Å². The van der Waals surface area contributed by atoms with Crippen LogP contribution in [0, 0.1) is 5.82 Å². The van der Waals surface area contributed by atoms with Crippen LogP contribution in [0.15, 0.2) is 42.5 Å². The van der Waals surface area contributed by atoms with Crippen molar-refractivity contribution in [1.29, 1.82) is 0 Å². The second-order valence-corrected chi connectivity index (χ2v) is 4.99. The number of halogens is 4. The molecular formula is C17H16F4. The molecule has 0 radical (unpaired) electrons. The highest BCUT2D eigenvalue weighted by atomic mass is 19.4. The summed E-state index contributed by atoms with van der Waals surface area (Å²) in [5, 5.41) is 0. The Balaban J connectivity index is 2.26. The van der Waals surface area contributed by atoms with E-state index in [-0.39, 0.29) is 5.56 Å². The van der Waals surface area contributed by atoms with Crippen LogP contribution in [0.5, 0.6) is 0 Å². The van der Waals surface area contributed by atoms with Crippen molar-refractivity contribution in [2.45, 2.75) is 32.4 Å². The Hall–Kier alpha value is -1.84. The molecule has 0 N–H and O–H groups in total. The number of unbranched alkanes of at least 4 members (excludes halogenated alkanes) is 1. The predicted octanol–water partition coefficient (Wildman–Crippen LogP) is 5.85. The van der Waals surface area contributed by atoms with Gasteiger partial charge in [-0.15, -0.1) is 0 Å². The number of hydrogen-bond donors (Lipinski definition) is 0. The highest BCUT2D eigenvalue weighted by molar-refractivity contribution is 5.64. The molecule has 0 saturated heterocycles. The van der Waals surface area contributed by atoms with Crippen molar-refractivity contribution in [1.82, 2.24) is 0 Å². The summed E-state index contributed by atoms with van der Waals surface area (Å²) in [7, 11) is 0. The Morgan fingerprint density at radius 1 is 0.952 bits per heavy atom. The lowest BCUT2D eigenvalue weighted by atomic mass is 10.00. The normalized spacial score (nSPS) is 11.7. The maximum absolute atomic E-state index is 13.9. The van der Waals surface area contributed by atoms with Crippen LogP contribution in [0.4, 0.5) is 17.6 Å². The molecule has 0 fully saturated rings. The summed E-state index contributed by atoms with van der Waals surface area (Å²) in [6.45, 7) is 2.10. The SMILES string of the molecule is CCCCc1ccc(-c2ccc(C(F)(F)F)cc2F)cc1. The van der Waals surface area contributed by atoms with Crippen LogP contribution in [0.1, 0.15) is 30.9 Å². The Morgan fingerprint density at radius 3 is 2.14 bits per heavy atom. The summed E-state index contributed by atoms with van der Waals surface area (Å²) in [6.07, 6.45) is -1.40. The third kappa shape index (κ3) is 3.84. The third-order valence-corrected chi connectivity index (χ3v) is 3.38.